The molecule has 0 unspecified atom stereocenters. The molecule has 0 aliphatic heterocycles. The van der Waals surface area contributed by atoms with Crippen LogP contribution >= 0.6 is 0 Å². The molecular weight excluding hydrogens is 316 g/mol. The second-order valence-electron chi connectivity index (χ2n) is 5.96. The molecule has 0 fully saturated rings. The van der Waals surface area contributed by atoms with E-state index in [-0.39, 0.29) is 11.9 Å². The van der Waals surface area contributed by atoms with Gasteiger partial charge >= 0.3 is 11.9 Å². The summed E-state index contributed by atoms with van der Waals surface area (Å²) in [6.07, 6.45) is 2.48. The number of hydrogen-bond donors (Lipinski definition) is 0. The Morgan fingerprint density at radius 2 is 1.56 bits per heavy atom. The molecule has 0 saturated heterocycles. The molecule has 3 rings (SSSR count). The molecule has 25 heavy (non-hydrogen) atoms. The fraction of sp³-hybridized carbons (Fsp3) is 0.333. The smallest absolute Gasteiger partial charge is 0.339 e. The third-order valence-electron chi connectivity index (χ3n) is 4.46. The lowest BCUT2D eigenvalue weighted by molar-refractivity contribution is 0.0510. The number of fused-ring (bicyclic) bond motifs is 1. The summed E-state index contributed by atoms with van der Waals surface area (Å²) in [7, 11) is 0. The van der Waals surface area contributed by atoms with Crippen LogP contribution in [0.5, 0.6) is 0 Å². The van der Waals surface area contributed by atoms with E-state index in [1.165, 1.54) is 0 Å². The Morgan fingerprint density at radius 3 is 2.24 bits per heavy atom. The van der Waals surface area contributed by atoms with Crippen LogP contribution in [0.2, 0.25) is 0 Å². The van der Waals surface area contributed by atoms with Gasteiger partial charge in [0.05, 0.1) is 24.3 Å². The van der Waals surface area contributed by atoms with E-state index < -0.39 is 0 Å². The SMILES string of the molecule is CCOC(=O)c1cc(-c2ccccc2)c(C(=O)OCC)c2c1CCC2. The molecule has 130 valence electrons. The van der Waals surface area contributed by atoms with Gasteiger partial charge in [-0.25, -0.2) is 9.59 Å². The number of ether oxygens (including phenoxy) is 2. The van der Waals surface area contributed by atoms with Gasteiger partial charge in [-0.3, -0.25) is 0 Å². The number of carbonyl (C=O) groups is 2. The molecule has 2 aromatic carbocycles. The summed E-state index contributed by atoms with van der Waals surface area (Å²) in [5.74, 6) is -0.650. The fourth-order valence-corrected chi connectivity index (χ4v) is 3.46. The Bertz CT molecular complexity index is 793. The maximum Gasteiger partial charge on any atom is 0.339 e. The van der Waals surface area contributed by atoms with Gasteiger partial charge in [-0.05, 0) is 61.4 Å². The number of benzene rings is 2. The van der Waals surface area contributed by atoms with Crippen molar-refractivity contribution < 1.29 is 19.1 Å². The number of hydrogen-bond acceptors (Lipinski definition) is 4. The molecular formula is C21H22O4. The first-order chi connectivity index (χ1) is 12.2. The van der Waals surface area contributed by atoms with Crippen molar-refractivity contribution in [1.82, 2.24) is 0 Å². The van der Waals surface area contributed by atoms with Crippen LogP contribution in [0.4, 0.5) is 0 Å². The van der Waals surface area contributed by atoms with Crippen LogP contribution in [-0.2, 0) is 22.3 Å². The topological polar surface area (TPSA) is 52.6 Å². The highest BCUT2D eigenvalue weighted by molar-refractivity contribution is 6.03. The van der Waals surface area contributed by atoms with Crippen LogP contribution in [0.3, 0.4) is 0 Å². The van der Waals surface area contributed by atoms with Crippen molar-refractivity contribution in [2.24, 2.45) is 0 Å². The Hall–Kier alpha value is -2.62. The van der Waals surface area contributed by atoms with Gasteiger partial charge < -0.3 is 9.47 Å². The van der Waals surface area contributed by atoms with Gasteiger partial charge in [0.25, 0.3) is 0 Å². The number of esters is 2. The van der Waals surface area contributed by atoms with Gasteiger partial charge in [0, 0.05) is 0 Å². The molecule has 1 aliphatic carbocycles. The average Bonchev–Trinajstić information content (AvgIpc) is 3.10. The first-order valence-electron chi connectivity index (χ1n) is 8.75. The first kappa shape index (κ1) is 17.2. The van der Waals surface area contributed by atoms with Crippen LogP contribution in [0.1, 0.15) is 52.1 Å². The molecule has 0 radical (unpaired) electrons. The lowest BCUT2D eigenvalue weighted by Crippen LogP contribution is -2.14. The van der Waals surface area contributed by atoms with E-state index in [1.807, 2.05) is 30.3 Å². The van der Waals surface area contributed by atoms with Crippen molar-refractivity contribution in [1.29, 1.82) is 0 Å². The Morgan fingerprint density at radius 1 is 0.920 bits per heavy atom. The minimum atomic E-state index is -0.326. The molecule has 0 aromatic heterocycles. The van der Waals surface area contributed by atoms with Crippen molar-refractivity contribution in [2.45, 2.75) is 33.1 Å². The number of carbonyl (C=O) groups excluding carboxylic acids is 2. The summed E-state index contributed by atoms with van der Waals surface area (Å²) in [6.45, 7) is 4.24. The summed E-state index contributed by atoms with van der Waals surface area (Å²) in [4.78, 5) is 25.1. The second-order valence-corrected chi connectivity index (χ2v) is 5.96. The molecule has 4 heteroatoms. The van der Waals surface area contributed by atoms with Crippen LogP contribution in [0, 0.1) is 0 Å². The number of rotatable bonds is 5. The van der Waals surface area contributed by atoms with Crippen LogP contribution in [0.15, 0.2) is 36.4 Å². The molecule has 2 aromatic rings. The van der Waals surface area contributed by atoms with Crippen LogP contribution in [-0.4, -0.2) is 25.2 Å². The monoisotopic (exact) mass is 338 g/mol. The van der Waals surface area contributed by atoms with Gasteiger partial charge in [0.2, 0.25) is 0 Å². The highest BCUT2D eigenvalue weighted by Crippen LogP contribution is 2.37. The van der Waals surface area contributed by atoms with E-state index >= 15 is 0 Å². The molecule has 1 aliphatic rings. The molecule has 4 nitrogen and oxygen atoms in total. The van der Waals surface area contributed by atoms with Crippen molar-refractivity contribution in [2.75, 3.05) is 13.2 Å². The van der Waals surface area contributed by atoms with Gasteiger partial charge in [-0.15, -0.1) is 0 Å². The summed E-state index contributed by atoms with van der Waals surface area (Å²) < 4.78 is 10.5. The molecule has 0 bridgehead atoms. The Kier molecular flexibility index (Phi) is 5.17. The molecule has 0 atom stereocenters. The minimum Gasteiger partial charge on any atom is -0.462 e. The fourth-order valence-electron chi connectivity index (χ4n) is 3.46. The summed E-state index contributed by atoms with van der Waals surface area (Å²) in [5.41, 5.74) is 4.66. The zero-order chi connectivity index (χ0) is 17.8. The van der Waals surface area contributed by atoms with Crippen LogP contribution in [0.25, 0.3) is 11.1 Å². The molecule has 0 amide bonds. The van der Waals surface area contributed by atoms with E-state index in [9.17, 15) is 9.59 Å². The highest BCUT2D eigenvalue weighted by atomic mass is 16.5. The minimum absolute atomic E-state index is 0.321. The maximum absolute atomic E-state index is 12.7. The van der Waals surface area contributed by atoms with E-state index in [1.54, 1.807) is 19.9 Å². The van der Waals surface area contributed by atoms with E-state index in [4.69, 9.17) is 9.47 Å². The molecule has 0 N–H and O–H groups in total. The lowest BCUT2D eigenvalue weighted by atomic mass is 9.89. The summed E-state index contributed by atoms with van der Waals surface area (Å²) >= 11 is 0. The Labute approximate surface area is 147 Å². The normalized spacial score (nSPS) is 12.6. The molecule has 0 spiro atoms. The third-order valence-corrected chi connectivity index (χ3v) is 4.46. The third kappa shape index (κ3) is 3.29. The van der Waals surface area contributed by atoms with Crippen molar-refractivity contribution >= 4 is 11.9 Å². The van der Waals surface area contributed by atoms with Crippen molar-refractivity contribution in [3.63, 3.8) is 0 Å². The predicted octanol–water partition coefficient (Wildman–Crippen LogP) is 4.20. The zero-order valence-corrected chi connectivity index (χ0v) is 14.6. The first-order valence-corrected chi connectivity index (χ1v) is 8.75. The zero-order valence-electron chi connectivity index (χ0n) is 14.6. The van der Waals surface area contributed by atoms with Crippen LogP contribution < -0.4 is 0 Å². The maximum atomic E-state index is 12.7. The van der Waals surface area contributed by atoms with Gasteiger partial charge in [-0.1, -0.05) is 30.3 Å². The Balaban J connectivity index is 2.25. The largest absolute Gasteiger partial charge is 0.462 e. The quantitative estimate of drug-likeness (QED) is 0.767. The summed E-state index contributed by atoms with van der Waals surface area (Å²) in [6, 6.07) is 11.4. The van der Waals surface area contributed by atoms with E-state index in [0.717, 1.165) is 41.5 Å². The second kappa shape index (κ2) is 7.51. The highest BCUT2D eigenvalue weighted by Gasteiger charge is 2.29. The van der Waals surface area contributed by atoms with Gasteiger partial charge in [0.1, 0.15) is 0 Å². The van der Waals surface area contributed by atoms with Crippen molar-refractivity contribution in [3.05, 3.63) is 58.7 Å². The molecule has 0 heterocycles. The average molecular weight is 338 g/mol. The summed E-state index contributed by atoms with van der Waals surface area (Å²) in [5, 5.41) is 0. The predicted molar refractivity (Wildman–Crippen MR) is 95.8 cm³/mol. The molecule has 0 saturated carbocycles. The van der Waals surface area contributed by atoms with Gasteiger partial charge in [0.15, 0.2) is 0 Å². The van der Waals surface area contributed by atoms with Gasteiger partial charge in [-0.2, -0.15) is 0 Å². The van der Waals surface area contributed by atoms with Crippen molar-refractivity contribution in [3.8, 4) is 11.1 Å². The lowest BCUT2D eigenvalue weighted by Gasteiger charge is -2.17. The van der Waals surface area contributed by atoms with E-state index in [0.29, 0.717) is 24.3 Å². The van der Waals surface area contributed by atoms with E-state index in [2.05, 4.69) is 0 Å². The standard InChI is InChI=1S/C21H22O4/c1-3-24-20(22)18-13-17(14-9-6-5-7-10-14)19(21(23)25-4-2)16-12-8-11-15(16)18/h5-7,9-10,13H,3-4,8,11-12H2,1-2H3.